The van der Waals surface area contributed by atoms with Crippen LogP contribution in [-0.2, 0) is 20.9 Å². The Morgan fingerprint density at radius 3 is 2.76 bits per heavy atom. The monoisotopic (exact) mass is 236 g/mol. The molecule has 0 amide bonds. The fourth-order valence-corrected chi connectivity index (χ4v) is 1.81. The number of hydrogen-bond donors (Lipinski definition) is 1. The van der Waals surface area contributed by atoms with Crippen molar-refractivity contribution >= 4 is 5.97 Å². The van der Waals surface area contributed by atoms with Crippen LogP contribution in [0.5, 0.6) is 0 Å². The second kappa shape index (κ2) is 5.80. The Morgan fingerprint density at radius 2 is 2.12 bits per heavy atom. The Bertz CT molecular complexity index is 363. The molecule has 92 valence electrons. The van der Waals surface area contributed by atoms with Crippen molar-refractivity contribution in [1.29, 1.82) is 0 Å². The minimum absolute atomic E-state index is 0.101. The molecule has 0 aliphatic carbocycles. The third kappa shape index (κ3) is 3.54. The van der Waals surface area contributed by atoms with E-state index in [1.807, 2.05) is 30.3 Å². The lowest BCUT2D eigenvalue weighted by Crippen LogP contribution is -2.22. The Morgan fingerprint density at radius 1 is 1.35 bits per heavy atom. The highest BCUT2D eigenvalue weighted by Crippen LogP contribution is 2.17. The van der Waals surface area contributed by atoms with Crippen LogP contribution >= 0.6 is 0 Å². The van der Waals surface area contributed by atoms with Gasteiger partial charge in [0.1, 0.15) is 12.2 Å². The van der Waals surface area contributed by atoms with Gasteiger partial charge in [0.05, 0.1) is 19.6 Å². The van der Waals surface area contributed by atoms with Gasteiger partial charge in [-0.1, -0.05) is 30.3 Å². The molecule has 0 aromatic heterocycles. The van der Waals surface area contributed by atoms with Crippen molar-refractivity contribution < 1.29 is 19.4 Å². The number of aliphatic hydroxyl groups excluding tert-OH is 1. The first-order valence-corrected chi connectivity index (χ1v) is 5.75. The van der Waals surface area contributed by atoms with Gasteiger partial charge in [-0.25, -0.2) is 0 Å². The third-order valence-corrected chi connectivity index (χ3v) is 2.75. The molecule has 4 heteroatoms. The summed E-state index contributed by atoms with van der Waals surface area (Å²) in [5.74, 6) is -0.328. The van der Waals surface area contributed by atoms with Crippen LogP contribution in [-0.4, -0.2) is 29.9 Å². The second-order valence-electron chi connectivity index (χ2n) is 4.13. The first-order valence-electron chi connectivity index (χ1n) is 5.75. The molecular formula is C13H16O4. The highest BCUT2D eigenvalue weighted by atomic mass is 16.6. The Labute approximate surface area is 100 Å². The maximum Gasteiger partial charge on any atom is 0.308 e. The molecule has 0 unspecified atom stereocenters. The predicted molar refractivity (Wildman–Crippen MR) is 61.2 cm³/mol. The summed E-state index contributed by atoms with van der Waals surface area (Å²) in [4.78, 5) is 10.9. The molecule has 1 heterocycles. The van der Waals surface area contributed by atoms with E-state index in [2.05, 4.69) is 0 Å². The van der Waals surface area contributed by atoms with E-state index in [0.717, 1.165) is 5.56 Å². The zero-order valence-electron chi connectivity index (χ0n) is 9.54. The maximum absolute atomic E-state index is 10.9. The first kappa shape index (κ1) is 12.1. The van der Waals surface area contributed by atoms with E-state index in [0.29, 0.717) is 19.6 Å². The number of esters is 1. The van der Waals surface area contributed by atoms with E-state index in [4.69, 9.17) is 9.47 Å². The zero-order chi connectivity index (χ0) is 12.1. The minimum atomic E-state index is -0.678. The van der Waals surface area contributed by atoms with Crippen LogP contribution in [0.1, 0.15) is 18.4 Å². The fourth-order valence-electron chi connectivity index (χ4n) is 1.81. The van der Waals surface area contributed by atoms with Crippen LogP contribution in [0.15, 0.2) is 30.3 Å². The van der Waals surface area contributed by atoms with Crippen molar-refractivity contribution in [2.24, 2.45) is 0 Å². The largest absolute Gasteiger partial charge is 0.459 e. The van der Waals surface area contributed by atoms with Gasteiger partial charge in [-0.3, -0.25) is 4.79 Å². The molecule has 1 saturated heterocycles. The Hall–Kier alpha value is -1.39. The van der Waals surface area contributed by atoms with E-state index >= 15 is 0 Å². The molecule has 1 fully saturated rings. The van der Waals surface area contributed by atoms with Crippen LogP contribution < -0.4 is 0 Å². The van der Waals surface area contributed by atoms with Gasteiger partial charge in [0.25, 0.3) is 0 Å². The lowest BCUT2D eigenvalue weighted by atomic mass is 10.1. The second-order valence-corrected chi connectivity index (χ2v) is 4.13. The molecule has 1 aliphatic rings. The molecule has 4 nitrogen and oxygen atoms in total. The summed E-state index contributed by atoms with van der Waals surface area (Å²) in [5, 5.41) is 9.47. The molecule has 1 aliphatic heterocycles. The molecule has 1 N–H and O–H groups in total. The van der Waals surface area contributed by atoms with E-state index in [9.17, 15) is 9.90 Å². The van der Waals surface area contributed by atoms with Gasteiger partial charge < -0.3 is 14.6 Å². The quantitative estimate of drug-likeness (QED) is 0.618. The zero-order valence-corrected chi connectivity index (χ0v) is 9.54. The van der Waals surface area contributed by atoms with Crippen LogP contribution in [0.3, 0.4) is 0 Å². The van der Waals surface area contributed by atoms with E-state index in [-0.39, 0.29) is 12.4 Å². The van der Waals surface area contributed by atoms with Crippen molar-refractivity contribution in [2.45, 2.75) is 31.7 Å². The molecule has 0 saturated carbocycles. The van der Waals surface area contributed by atoms with Gasteiger partial charge in [-0.15, -0.1) is 0 Å². The number of aliphatic hydroxyl groups is 1. The number of ether oxygens (including phenoxy) is 2. The van der Waals surface area contributed by atoms with Gasteiger partial charge >= 0.3 is 5.97 Å². The fraction of sp³-hybridized carbons (Fsp3) is 0.462. The summed E-state index contributed by atoms with van der Waals surface area (Å²) in [6.45, 7) is 1.02. The normalized spacial score (nSPS) is 23.7. The summed E-state index contributed by atoms with van der Waals surface area (Å²) in [6.07, 6.45) is -0.440. The molecular weight excluding hydrogens is 220 g/mol. The SMILES string of the molecule is O=C1C[C@@H](O)[C@H](CCOCc2ccccc2)O1. The molecule has 17 heavy (non-hydrogen) atoms. The number of hydrogen-bond acceptors (Lipinski definition) is 4. The van der Waals surface area contributed by atoms with Crippen LogP contribution in [0, 0.1) is 0 Å². The minimum Gasteiger partial charge on any atom is -0.459 e. The number of carbonyl (C=O) groups excluding carboxylic acids is 1. The molecule has 1 aromatic rings. The lowest BCUT2D eigenvalue weighted by Gasteiger charge is -2.12. The van der Waals surface area contributed by atoms with Crippen molar-refractivity contribution in [3.63, 3.8) is 0 Å². The molecule has 2 rings (SSSR count). The number of carbonyl (C=O) groups is 1. The maximum atomic E-state index is 10.9. The summed E-state index contributed by atoms with van der Waals surface area (Å²) in [5.41, 5.74) is 1.11. The van der Waals surface area contributed by atoms with Crippen molar-refractivity contribution in [2.75, 3.05) is 6.61 Å². The predicted octanol–water partition coefficient (Wildman–Crippen LogP) is 1.27. The highest BCUT2D eigenvalue weighted by molar-refractivity contribution is 5.72. The van der Waals surface area contributed by atoms with E-state index < -0.39 is 12.2 Å². The van der Waals surface area contributed by atoms with Gasteiger partial charge in [0, 0.05) is 6.42 Å². The van der Waals surface area contributed by atoms with E-state index in [1.54, 1.807) is 0 Å². The Kier molecular flexibility index (Phi) is 4.12. The average molecular weight is 236 g/mol. The van der Waals surface area contributed by atoms with Gasteiger partial charge in [-0.05, 0) is 5.56 Å². The molecule has 2 atom stereocenters. The van der Waals surface area contributed by atoms with Gasteiger partial charge in [0.15, 0.2) is 0 Å². The molecule has 0 spiro atoms. The Balaban J connectivity index is 1.65. The third-order valence-electron chi connectivity index (χ3n) is 2.75. The standard InChI is InChI=1S/C13H16O4/c14-11-8-13(15)17-12(11)6-7-16-9-10-4-2-1-3-5-10/h1-5,11-12,14H,6-9H2/t11-,12+/m1/s1. The molecule has 0 radical (unpaired) electrons. The van der Waals surface area contributed by atoms with Crippen LogP contribution in [0.25, 0.3) is 0 Å². The topological polar surface area (TPSA) is 55.8 Å². The lowest BCUT2D eigenvalue weighted by molar-refractivity contribution is -0.142. The van der Waals surface area contributed by atoms with Crippen LogP contribution in [0.4, 0.5) is 0 Å². The van der Waals surface area contributed by atoms with Gasteiger partial charge in [-0.2, -0.15) is 0 Å². The van der Waals surface area contributed by atoms with Crippen LogP contribution in [0.2, 0.25) is 0 Å². The number of rotatable bonds is 5. The van der Waals surface area contributed by atoms with Crippen molar-refractivity contribution in [3.8, 4) is 0 Å². The molecule has 0 bridgehead atoms. The number of benzene rings is 1. The summed E-state index contributed by atoms with van der Waals surface area (Å²) in [7, 11) is 0. The van der Waals surface area contributed by atoms with Crippen molar-refractivity contribution in [1.82, 2.24) is 0 Å². The van der Waals surface area contributed by atoms with Crippen molar-refractivity contribution in [3.05, 3.63) is 35.9 Å². The highest BCUT2D eigenvalue weighted by Gasteiger charge is 2.32. The smallest absolute Gasteiger partial charge is 0.308 e. The molecule has 1 aromatic carbocycles. The van der Waals surface area contributed by atoms with E-state index in [1.165, 1.54) is 0 Å². The number of cyclic esters (lactones) is 1. The first-order chi connectivity index (χ1) is 8.25. The summed E-state index contributed by atoms with van der Waals surface area (Å²) >= 11 is 0. The summed E-state index contributed by atoms with van der Waals surface area (Å²) in [6, 6.07) is 9.86. The average Bonchev–Trinajstić information content (AvgIpc) is 2.65. The summed E-state index contributed by atoms with van der Waals surface area (Å²) < 4.78 is 10.4. The van der Waals surface area contributed by atoms with Gasteiger partial charge in [0.2, 0.25) is 0 Å².